The van der Waals surface area contributed by atoms with Gasteiger partial charge in [0.1, 0.15) is 12.3 Å². The highest BCUT2D eigenvalue weighted by atomic mass is 16.5. The van der Waals surface area contributed by atoms with Crippen LogP contribution in [0.3, 0.4) is 0 Å². The van der Waals surface area contributed by atoms with E-state index in [-0.39, 0.29) is 24.5 Å². The van der Waals surface area contributed by atoms with E-state index >= 15 is 0 Å². The van der Waals surface area contributed by atoms with Gasteiger partial charge in [-0.05, 0) is 48.7 Å². The molecular weight excluding hydrogens is 482 g/mol. The molecule has 0 bridgehead atoms. The lowest BCUT2D eigenvalue weighted by molar-refractivity contribution is -0.133. The molecule has 1 atom stereocenters. The molecule has 0 aliphatic carbocycles. The predicted molar refractivity (Wildman–Crippen MR) is 147 cm³/mol. The van der Waals surface area contributed by atoms with Crippen LogP contribution in [-0.2, 0) is 9.53 Å². The Kier molecular flexibility index (Phi) is 9.73. The van der Waals surface area contributed by atoms with E-state index in [0.717, 1.165) is 47.7 Å². The Bertz CT molecular complexity index is 1100. The second kappa shape index (κ2) is 13.4. The van der Waals surface area contributed by atoms with E-state index in [2.05, 4.69) is 34.5 Å². The minimum atomic E-state index is -0.236. The zero-order chi connectivity index (χ0) is 26.9. The Labute approximate surface area is 225 Å². The molecular formula is C29H39N5O4. The third-order valence-corrected chi connectivity index (χ3v) is 6.98. The summed E-state index contributed by atoms with van der Waals surface area (Å²) < 4.78 is 10.7. The van der Waals surface area contributed by atoms with Crippen molar-refractivity contribution in [2.24, 2.45) is 5.10 Å². The molecule has 2 aromatic rings. The van der Waals surface area contributed by atoms with Gasteiger partial charge in [-0.2, -0.15) is 5.10 Å². The lowest BCUT2D eigenvalue weighted by Crippen LogP contribution is -2.49. The molecule has 0 saturated carbocycles. The van der Waals surface area contributed by atoms with Crippen LogP contribution in [-0.4, -0.2) is 92.1 Å². The fourth-order valence-electron chi connectivity index (χ4n) is 4.67. The number of amides is 3. The van der Waals surface area contributed by atoms with Crippen LogP contribution in [0, 0.1) is 6.92 Å². The molecule has 2 heterocycles. The van der Waals surface area contributed by atoms with Gasteiger partial charge < -0.3 is 19.7 Å². The van der Waals surface area contributed by atoms with Crippen molar-refractivity contribution in [2.45, 2.75) is 32.7 Å². The first-order valence-corrected chi connectivity index (χ1v) is 13.4. The van der Waals surface area contributed by atoms with Crippen molar-refractivity contribution in [3.8, 4) is 5.75 Å². The van der Waals surface area contributed by atoms with Gasteiger partial charge in [0.15, 0.2) is 0 Å². The Morgan fingerprint density at radius 3 is 2.47 bits per heavy atom. The van der Waals surface area contributed by atoms with Crippen molar-refractivity contribution in [2.75, 3.05) is 59.6 Å². The Hall–Kier alpha value is -3.43. The van der Waals surface area contributed by atoms with E-state index in [0.29, 0.717) is 39.3 Å². The van der Waals surface area contributed by atoms with Gasteiger partial charge in [0, 0.05) is 39.1 Å². The van der Waals surface area contributed by atoms with Gasteiger partial charge in [-0.15, -0.1) is 0 Å². The number of rotatable bonds is 10. The second-order valence-electron chi connectivity index (χ2n) is 9.75. The van der Waals surface area contributed by atoms with Crippen LogP contribution in [0.5, 0.6) is 5.75 Å². The molecule has 2 aromatic carbocycles. The molecule has 38 heavy (non-hydrogen) atoms. The molecule has 204 valence electrons. The fraction of sp³-hybridized carbons (Fsp3) is 0.483. The van der Waals surface area contributed by atoms with Gasteiger partial charge in [-0.25, -0.2) is 9.80 Å². The number of benzene rings is 2. The number of nitrogens with one attached hydrogen (secondary N) is 1. The average molecular weight is 522 g/mol. The number of hydrogen-bond donors (Lipinski definition) is 1. The third-order valence-electron chi connectivity index (χ3n) is 6.98. The van der Waals surface area contributed by atoms with Crippen LogP contribution >= 0.6 is 0 Å². The summed E-state index contributed by atoms with van der Waals surface area (Å²) in [5, 5.41) is 9.30. The molecule has 2 aliphatic rings. The highest BCUT2D eigenvalue weighted by molar-refractivity contribution is 6.03. The van der Waals surface area contributed by atoms with Crippen molar-refractivity contribution in [1.82, 2.24) is 20.1 Å². The van der Waals surface area contributed by atoms with E-state index in [1.165, 1.54) is 0 Å². The minimum absolute atomic E-state index is 0.0400. The Morgan fingerprint density at radius 2 is 1.82 bits per heavy atom. The SMILES string of the molecule is CCCNC(=O)N(CCN1CCOCC1)CC(=O)N1N=C(c2ccc(OC)cc2)CC1c1ccc(C)cc1. The van der Waals surface area contributed by atoms with E-state index in [1.54, 1.807) is 17.0 Å². The topological polar surface area (TPSA) is 86.7 Å². The number of urea groups is 1. The number of morpholine rings is 1. The van der Waals surface area contributed by atoms with Gasteiger partial charge in [0.2, 0.25) is 0 Å². The zero-order valence-electron chi connectivity index (χ0n) is 22.7. The summed E-state index contributed by atoms with van der Waals surface area (Å²) in [6.07, 6.45) is 1.42. The predicted octanol–water partition coefficient (Wildman–Crippen LogP) is 3.44. The van der Waals surface area contributed by atoms with Gasteiger partial charge in [-0.1, -0.05) is 36.8 Å². The summed E-state index contributed by atoms with van der Waals surface area (Å²) in [7, 11) is 1.64. The smallest absolute Gasteiger partial charge is 0.317 e. The maximum Gasteiger partial charge on any atom is 0.317 e. The highest BCUT2D eigenvalue weighted by Gasteiger charge is 2.34. The summed E-state index contributed by atoms with van der Waals surface area (Å²) >= 11 is 0. The molecule has 1 unspecified atom stereocenters. The molecule has 0 radical (unpaired) electrons. The monoisotopic (exact) mass is 521 g/mol. The summed E-state index contributed by atoms with van der Waals surface area (Å²) in [6, 6.07) is 15.5. The van der Waals surface area contributed by atoms with Gasteiger partial charge >= 0.3 is 6.03 Å². The Balaban J connectivity index is 1.54. The number of ether oxygens (including phenoxy) is 2. The Morgan fingerprint density at radius 1 is 1.11 bits per heavy atom. The average Bonchev–Trinajstić information content (AvgIpc) is 3.40. The van der Waals surface area contributed by atoms with Crippen molar-refractivity contribution < 1.29 is 19.1 Å². The molecule has 1 fully saturated rings. The van der Waals surface area contributed by atoms with Crippen LogP contribution in [0.25, 0.3) is 0 Å². The first kappa shape index (κ1) is 27.6. The highest BCUT2D eigenvalue weighted by Crippen LogP contribution is 2.33. The first-order chi connectivity index (χ1) is 18.5. The van der Waals surface area contributed by atoms with Gasteiger partial charge in [0.05, 0.1) is 32.1 Å². The summed E-state index contributed by atoms with van der Waals surface area (Å²) in [4.78, 5) is 30.6. The van der Waals surface area contributed by atoms with Crippen LogP contribution in [0.2, 0.25) is 0 Å². The maximum absolute atomic E-state index is 13.8. The number of hydrogen-bond acceptors (Lipinski definition) is 6. The van der Waals surface area contributed by atoms with E-state index < -0.39 is 0 Å². The molecule has 2 aliphatic heterocycles. The standard InChI is InChI=1S/C29H39N5O4/c1-4-13-30-29(36)33(15-14-32-16-18-38-19-17-32)21-28(35)34-27(24-7-5-22(2)6-8-24)20-26(31-34)23-9-11-25(37-3)12-10-23/h5-12,27H,4,13-21H2,1-3H3,(H,30,36). The number of methoxy groups -OCH3 is 1. The number of carbonyl (C=O) groups excluding carboxylic acids is 2. The lowest BCUT2D eigenvalue weighted by Gasteiger charge is -2.31. The number of nitrogens with zero attached hydrogens (tertiary/aromatic N) is 4. The van der Waals surface area contributed by atoms with Gasteiger partial charge in [-0.3, -0.25) is 9.69 Å². The van der Waals surface area contributed by atoms with Crippen LogP contribution in [0.1, 0.15) is 42.5 Å². The molecule has 0 aromatic heterocycles. The molecule has 1 N–H and O–H groups in total. The summed E-state index contributed by atoms with van der Waals surface area (Å²) in [5.41, 5.74) is 3.96. The van der Waals surface area contributed by atoms with Crippen LogP contribution in [0.15, 0.2) is 53.6 Å². The lowest BCUT2D eigenvalue weighted by atomic mass is 9.97. The van der Waals surface area contributed by atoms with Gasteiger partial charge in [0.25, 0.3) is 5.91 Å². The van der Waals surface area contributed by atoms with Crippen molar-refractivity contribution in [3.05, 3.63) is 65.2 Å². The maximum atomic E-state index is 13.8. The number of hydrazone groups is 1. The summed E-state index contributed by atoms with van der Waals surface area (Å²) in [6.45, 7) is 8.77. The molecule has 4 rings (SSSR count). The third kappa shape index (κ3) is 7.11. The van der Waals surface area contributed by atoms with Crippen molar-refractivity contribution >= 4 is 17.6 Å². The van der Waals surface area contributed by atoms with Crippen molar-refractivity contribution in [3.63, 3.8) is 0 Å². The summed E-state index contributed by atoms with van der Waals surface area (Å²) in [5.74, 6) is 0.567. The van der Waals surface area contributed by atoms with Crippen LogP contribution in [0.4, 0.5) is 4.79 Å². The van der Waals surface area contributed by atoms with E-state index in [9.17, 15) is 9.59 Å². The zero-order valence-corrected chi connectivity index (χ0v) is 22.7. The first-order valence-electron chi connectivity index (χ1n) is 13.4. The van der Waals surface area contributed by atoms with Crippen molar-refractivity contribution in [1.29, 1.82) is 0 Å². The quantitative estimate of drug-likeness (QED) is 0.518. The fourth-order valence-corrected chi connectivity index (χ4v) is 4.67. The van der Waals surface area contributed by atoms with Crippen LogP contribution < -0.4 is 10.1 Å². The molecule has 9 nitrogen and oxygen atoms in total. The second-order valence-corrected chi connectivity index (χ2v) is 9.75. The molecule has 1 saturated heterocycles. The minimum Gasteiger partial charge on any atom is -0.497 e. The number of aryl methyl sites for hydroxylation is 1. The van der Waals surface area contributed by atoms with E-state index in [1.807, 2.05) is 38.1 Å². The number of carbonyl (C=O) groups is 2. The normalized spacial score (nSPS) is 17.7. The van der Waals surface area contributed by atoms with E-state index in [4.69, 9.17) is 14.6 Å². The molecule has 9 heteroatoms. The molecule has 0 spiro atoms. The largest absolute Gasteiger partial charge is 0.497 e. The molecule has 3 amide bonds.